The van der Waals surface area contributed by atoms with E-state index in [0.717, 1.165) is 23.0 Å². The number of hydrogen-bond donors (Lipinski definition) is 1. The highest BCUT2D eigenvalue weighted by atomic mass is 35.5. The van der Waals surface area contributed by atoms with Gasteiger partial charge in [0.25, 0.3) is 0 Å². The van der Waals surface area contributed by atoms with E-state index in [2.05, 4.69) is 20.6 Å². The van der Waals surface area contributed by atoms with Gasteiger partial charge in [-0.15, -0.1) is 10.2 Å². The number of anilines is 1. The first kappa shape index (κ1) is 18.5. The lowest BCUT2D eigenvalue weighted by Crippen LogP contribution is -2.18. The second-order valence-corrected chi connectivity index (χ2v) is 6.96. The Bertz CT molecular complexity index is 906. The average molecular weight is 391 g/mol. The third kappa shape index (κ3) is 4.25. The highest BCUT2D eigenvalue weighted by Gasteiger charge is 2.12. The summed E-state index contributed by atoms with van der Waals surface area (Å²) in [6.07, 6.45) is 2.45. The molecule has 0 spiro atoms. The van der Waals surface area contributed by atoms with Crippen molar-refractivity contribution in [2.75, 3.05) is 11.1 Å². The molecular formula is C17H19ClN6OS. The Hall–Kier alpha value is -2.32. The van der Waals surface area contributed by atoms with Crippen LogP contribution in [0.15, 0.2) is 41.7 Å². The quantitative estimate of drug-likeness (QED) is 0.627. The van der Waals surface area contributed by atoms with Crippen molar-refractivity contribution < 1.29 is 4.79 Å². The molecule has 0 bridgehead atoms. The molecule has 3 aromatic rings. The number of rotatable bonds is 7. The van der Waals surface area contributed by atoms with Crippen molar-refractivity contribution >= 4 is 35.1 Å². The zero-order chi connectivity index (χ0) is 18.5. The lowest BCUT2D eigenvalue weighted by Gasteiger charge is -2.10. The van der Waals surface area contributed by atoms with Crippen molar-refractivity contribution in [3.8, 4) is 0 Å². The second kappa shape index (κ2) is 8.37. The van der Waals surface area contributed by atoms with Crippen LogP contribution in [-0.4, -0.2) is 36.2 Å². The SMILES string of the molecule is CCc1nnc(SCC(=O)Nc2ccnn2Cc2ccccc2Cl)n1C. The van der Waals surface area contributed by atoms with Crippen LogP contribution < -0.4 is 5.32 Å². The first-order valence-electron chi connectivity index (χ1n) is 8.14. The number of nitrogens with zero attached hydrogens (tertiary/aromatic N) is 5. The van der Waals surface area contributed by atoms with E-state index in [-0.39, 0.29) is 11.7 Å². The molecule has 7 nitrogen and oxygen atoms in total. The molecular weight excluding hydrogens is 372 g/mol. The van der Waals surface area contributed by atoms with Crippen molar-refractivity contribution in [1.29, 1.82) is 0 Å². The number of thioether (sulfide) groups is 1. The zero-order valence-corrected chi connectivity index (χ0v) is 16.1. The summed E-state index contributed by atoms with van der Waals surface area (Å²) in [4.78, 5) is 12.3. The van der Waals surface area contributed by atoms with Gasteiger partial charge in [-0.1, -0.05) is 48.5 Å². The molecule has 26 heavy (non-hydrogen) atoms. The topological polar surface area (TPSA) is 77.6 Å². The Morgan fingerprint density at radius 3 is 2.81 bits per heavy atom. The van der Waals surface area contributed by atoms with Gasteiger partial charge in [0.15, 0.2) is 5.16 Å². The third-order valence-electron chi connectivity index (χ3n) is 3.84. The van der Waals surface area contributed by atoms with E-state index in [9.17, 15) is 4.79 Å². The van der Waals surface area contributed by atoms with E-state index < -0.39 is 0 Å². The molecule has 1 amide bonds. The van der Waals surface area contributed by atoms with E-state index >= 15 is 0 Å². The van der Waals surface area contributed by atoms with Gasteiger partial charge in [-0.2, -0.15) is 5.10 Å². The van der Waals surface area contributed by atoms with Crippen molar-refractivity contribution in [3.63, 3.8) is 0 Å². The number of carbonyl (C=O) groups is 1. The van der Waals surface area contributed by atoms with Crippen LogP contribution in [0.2, 0.25) is 5.02 Å². The molecule has 136 valence electrons. The van der Waals surface area contributed by atoms with Crippen LogP contribution in [0, 0.1) is 0 Å². The smallest absolute Gasteiger partial charge is 0.235 e. The summed E-state index contributed by atoms with van der Waals surface area (Å²) in [5.74, 6) is 1.64. The van der Waals surface area contributed by atoms with Crippen LogP contribution >= 0.6 is 23.4 Å². The Kier molecular flexibility index (Phi) is 5.95. The zero-order valence-electron chi connectivity index (χ0n) is 14.5. The second-order valence-electron chi connectivity index (χ2n) is 5.61. The monoisotopic (exact) mass is 390 g/mol. The maximum absolute atomic E-state index is 12.3. The number of carbonyl (C=O) groups excluding carboxylic acids is 1. The Labute approximate surface area is 160 Å². The van der Waals surface area contributed by atoms with Crippen molar-refractivity contribution in [2.45, 2.75) is 25.0 Å². The highest BCUT2D eigenvalue weighted by molar-refractivity contribution is 7.99. The molecule has 0 fully saturated rings. The van der Waals surface area contributed by atoms with Crippen molar-refractivity contribution in [3.05, 3.63) is 52.9 Å². The molecule has 1 N–H and O–H groups in total. The molecule has 1 aromatic carbocycles. The molecule has 9 heteroatoms. The number of nitrogens with one attached hydrogen (secondary N) is 1. The Morgan fingerprint density at radius 2 is 2.08 bits per heavy atom. The van der Waals surface area contributed by atoms with Gasteiger partial charge >= 0.3 is 0 Å². The fourth-order valence-electron chi connectivity index (χ4n) is 2.44. The van der Waals surface area contributed by atoms with Gasteiger partial charge in [-0.3, -0.25) is 4.79 Å². The number of hydrogen-bond acceptors (Lipinski definition) is 5. The molecule has 0 saturated heterocycles. The van der Waals surface area contributed by atoms with Gasteiger partial charge in [-0.05, 0) is 11.6 Å². The van der Waals surface area contributed by atoms with Crippen molar-refractivity contribution in [1.82, 2.24) is 24.5 Å². The van der Waals surface area contributed by atoms with E-state index in [1.165, 1.54) is 11.8 Å². The van der Waals surface area contributed by atoms with Crippen LogP contribution in [0.5, 0.6) is 0 Å². The van der Waals surface area contributed by atoms with Gasteiger partial charge in [0.2, 0.25) is 5.91 Å². The fourth-order valence-corrected chi connectivity index (χ4v) is 3.37. The van der Waals surface area contributed by atoms with Crippen LogP contribution in [0.1, 0.15) is 18.3 Å². The molecule has 0 unspecified atom stereocenters. The van der Waals surface area contributed by atoms with E-state index in [4.69, 9.17) is 11.6 Å². The van der Waals surface area contributed by atoms with Crippen LogP contribution in [0.25, 0.3) is 0 Å². The molecule has 2 aromatic heterocycles. The molecule has 2 heterocycles. The van der Waals surface area contributed by atoms with Crippen molar-refractivity contribution in [2.24, 2.45) is 7.05 Å². The summed E-state index contributed by atoms with van der Waals surface area (Å²) in [5.41, 5.74) is 0.939. The molecule has 0 aliphatic rings. The van der Waals surface area contributed by atoms with Gasteiger partial charge < -0.3 is 9.88 Å². The summed E-state index contributed by atoms with van der Waals surface area (Å²) in [6.45, 7) is 2.50. The van der Waals surface area contributed by atoms with Gasteiger partial charge in [0, 0.05) is 24.6 Å². The van der Waals surface area contributed by atoms with E-state index in [1.54, 1.807) is 16.9 Å². The Morgan fingerprint density at radius 1 is 1.27 bits per heavy atom. The molecule has 3 rings (SSSR count). The number of aromatic nitrogens is 5. The van der Waals surface area contributed by atoms with Crippen LogP contribution in [0.3, 0.4) is 0 Å². The summed E-state index contributed by atoms with van der Waals surface area (Å²) in [7, 11) is 1.90. The summed E-state index contributed by atoms with van der Waals surface area (Å²) < 4.78 is 3.61. The van der Waals surface area contributed by atoms with Gasteiger partial charge in [0.05, 0.1) is 18.5 Å². The number of aryl methyl sites for hydroxylation is 1. The standard InChI is InChI=1S/C17H19ClN6OS/c1-3-14-21-22-17(23(14)2)26-11-16(25)20-15-8-9-19-24(15)10-12-6-4-5-7-13(12)18/h4-9H,3,10-11H2,1-2H3,(H,20,25). The third-order valence-corrected chi connectivity index (χ3v) is 5.22. The predicted molar refractivity (Wildman–Crippen MR) is 103 cm³/mol. The lowest BCUT2D eigenvalue weighted by atomic mass is 10.2. The fraction of sp³-hybridized carbons (Fsp3) is 0.294. The predicted octanol–water partition coefficient (Wildman–Crippen LogP) is 3.01. The largest absolute Gasteiger partial charge is 0.310 e. The van der Waals surface area contributed by atoms with Crippen LogP contribution in [-0.2, 0) is 24.8 Å². The number of benzene rings is 1. The average Bonchev–Trinajstić information content (AvgIpc) is 3.21. The maximum atomic E-state index is 12.3. The normalized spacial score (nSPS) is 10.9. The minimum atomic E-state index is -0.128. The first-order valence-corrected chi connectivity index (χ1v) is 9.51. The molecule has 0 aliphatic heterocycles. The summed E-state index contributed by atoms with van der Waals surface area (Å²) in [5, 5.41) is 16.7. The molecule has 0 saturated carbocycles. The molecule has 0 atom stereocenters. The first-order chi connectivity index (χ1) is 12.6. The van der Waals surface area contributed by atoms with E-state index in [0.29, 0.717) is 17.4 Å². The maximum Gasteiger partial charge on any atom is 0.235 e. The van der Waals surface area contributed by atoms with E-state index in [1.807, 2.05) is 42.8 Å². The molecule has 0 aliphatic carbocycles. The Balaban J connectivity index is 1.61. The molecule has 0 radical (unpaired) electrons. The lowest BCUT2D eigenvalue weighted by molar-refractivity contribution is -0.113. The van der Waals surface area contributed by atoms with Crippen LogP contribution in [0.4, 0.5) is 5.82 Å². The number of halogens is 1. The summed E-state index contributed by atoms with van der Waals surface area (Å²) in [6, 6.07) is 9.33. The highest BCUT2D eigenvalue weighted by Crippen LogP contribution is 2.19. The summed E-state index contributed by atoms with van der Waals surface area (Å²) >= 11 is 7.55. The van der Waals surface area contributed by atoms with Gasteiger partial charge in [-0.25, -0.2) is 4.68 Å². The van der Waals surface area contributed by atoms with Gasteiger partial charge in [0.1, 0.15) is 11.6 Å². The number of amides is 1. The minimum Gasteiger partial charge on any atom is -0.310 e. The minimum absolute atomic E-state index is 0.128.